The van der Waals surface area contributed by atoms with Gasteiger partial charge in [0.15, 0.2) is 0 Å². The molecule has 1 aromatic carbocycles. The minimum atomic E-state index is -0.939. The lowest BCUT2D eigenvalue weighted by molar-refractivity contribution is -0.141. The van der Waals surface area contributed by atoms with Crippen molar-refractivity contribution in [1.29, 1.82) is 0 Å². The second-order valence-electron chi connectivity index (χ2n) is 5.33. The van der Waals surface area contributed by atoms with Crippen LogP contribution < -0.4 is 10.6 Å². The van der Waals surface area contributed by atoms with E-state index in [9.17, 15) is 14.4 Å². The van der Waals surface area contributed by atoms with Crippen LogP contribution in [0, 0.1) is 5.92 Å². The third-order valence-electron chi connectivity index (χ3n) is 3.31. The Morgan fingerprint density at radius 2 is 1.78 bits per heavy atom. The first kappa shape index (κ1) is 18.5. The van der Waals surface area contributed by atoms with E-state index in [0.29, 0.717) is 18.7 Å². The second kappa shape index (κ2) is 8.77. The van der Waals surface area contributed by atoms with Crippen molar-refractivity contribution in [3.63, 3.8) is 0 Å². The van der Waals surface area contributed by atoms with Crippen LogP contribution in [0.25, 0.3) is 0 Å². The lowest BCUT2D eigenvalue weighted by Gasteiger charge is -2.20. The standard InChI is InChI=1S/C16H23N3O4/c1-4-17-14(20)13-7-5-12(6-8-13)9-18-16(23)19(3)10-11(2)15(21)22/h5-8,11H,4,9-10H2,1-3H3,(H,17,20)(H,18,23)(H,21,22). The third kappa shape index (κ3) is 5.98. The number of aliphatic carboxylic acids is 1. The van der Waals surface area contributed by atoms with Crippen molar-refractivity contribution in [2.24, 2.45) is 5.92 Å². The molecule has 0 saturated heterocycles. The Bertz CT molecular complexity index is 557. The van der Waals surface area contributed by atoms with Crippen molar-refractivity contribution in [3.8, 4) is 0 Å². The van der Waals surface area contributed by atoms with Crippen LogP contribution in [0.5, 0.6) is 0 Å². The van der Waals surface area contributed by atoms with Gasteiger partial charge in [0.05, 0.1) is 5.92 Å². The molecule has 1 atom stereocenters. The van der Waals surface area contributed by atoms with Gasteiger partial charge in [0.1, 0.15) is 0 Å². The molecular formula is C16H23N3O4. The molecule has 1 rings (SSSR count). The van der Waals surface area contributed by atoms with Crippen molar-refractivity contribution in [3.05, 3.63) is 35.4 Å². The van der Waals surface area contributed by atoms with Gasteiger partial charge >= 0.3 is 12.0 Å². The molecule has 7 heteroatoms. The Labute approximate surface area is 135 Å². The van der Waals surface area contributed by atoms with Gasteiger partial charge in [0, 0.05) is 32.2 Å². The van der Waals surface area contributed by atoms with E-state index >= 15 is 0 Å². The molecular weight excluding hydrogens is 298 g/mol. The molecule has 0 aliphatic carbocycles. The van der Waals surface area contributed by atoms with Gasteiger partial charge in [-0.25, -0.2) is 4.79 Å². The van der Waals surface area contributed by atoms with E-state index in [1.807, 2.05) is 6.92 Å². The quantitative estimate of drug-likeness (QED) is 0.705. The van der Waals surface area contributed by atoms with E-state index in [-0.39, 0.29) is 18.5 Å². The summed E-state index contributed by atoms with van der Waals surface area (Å²) in [5.74, 6) is -1.70. The third-order valence-corrected chi connectivity index (χ3v) is 3.31. The number of carboxylic acids is 1. The Balaban J connectivity index is 2.49. The number of rotatable bonds is 7. The van der Waals surface area contributed by atoms with E-state index in [2.05, 4.69) is 10.6 Å². The zero-order valence-corrected chi connectivity index (χ0v) is 13.6. The summed E-state index contributed by atoms with van der Waals surface area (Å²) >= 11 is 0. The van der Waals surface area contributed by atoms with Crippen LogP contribution in [0.2, 0.25) is 0 Å². The number of benzene rings is 1. The summed E-state index contributed by atoms with van der Waals surface area (Å²) in [6, 6.07) is 6.59. The van der Waals surface area contributed by atoms with Crippen LogP contribution in [0.4, 0.5) is 4.79 Å². The Kier molecular flexibility index (Phi) is 7.05. The van der Waals surface area contributed by atoms with Gasteiger partial charge in [-0.3, -0.25) is 9.59 Å². The fourth-order valence-electron chi connectivity index (χ4n) is 1.92. The highest BCUT2D eigenvalue weighted by Crippen LogP contribution is 2.05. The number of carbonyl (C=O) groups excluding carboxylic acids is 2. The van der Waals surface area contributed by atoms with Crippen molar-refractivity contribution in [2.45, 2.75) is 20.4 Å². The van der Waals surface area contributed by atoms with Crippen LogP contribution in [0.15, 0.2) is 24.3 Å². The van der Waals surface area contributed by atoms with Gasteiger partial charge in [-0.1, -0.05) is 19.1 Å². The summed E-state index contributed by atoms with van der Waals surface area (Å²) < 4.78 is 0. The highest BCUT2D eigenvalue weighted by atomic mass is 16.4. The average Bonchev–Trinajstić information content (AvgIpc) is 2.53. The van der Waals surface area contributed by atoms with Crippen LogP contribution in [0.1, 0.15) is 29.8 Å². The molecule has 0 radical (unpaired) electrons. The van der Waals surface area contributed by atoms with Crippen LogP contribution in [0.3, 0.4) is 0 Å². The Morgan fingerprint density at radius 3 is 2.30 bits per heavy atom. The topological polar surface area (TPSA) is 98.7 Å². The van der Waals surface area contributed by atoms with Gasteiger partial charge in [-0.2, -0.15) is 0 Å². The molecule has 3 N–H and O–H groups in total. The van der Waals surface area contributed by atoms with Gasteiger partial charge in [0.2, 0.25) is 0 Å². The van der Waals surface area contributed by atoms with Gasteiger partial charge < -0.3 is 20.6 Å². The molecule has 0 saturated carbocycles. The summed E-state index contributed by atoms with van der Waals surface area (Å²) in [4.78, 5) is 35.6. The first-order valence-electron chi connectivity index (χ1n) is 7.44. The molecule has 7 nitrogen and oxygen atoms in total. The SMILES string of the molecule is CCNC(=O)c1ccc(CNC(=O)N(C)CC(C)C(=O)O)cc1. The summed E-state index contributed by atoms with van der Waals surface area (Å²) in [6.07, 6.45) is 0. The Hall–Kier alpha value is -2.57. The lowest BCUT2D eigenvalue weighted by atomic mass is 10.1. The van der Waals surface area contributed by atoms with Gasteiger partial charge in [0.25, 0.3) is 5.91 Å². The molecule has 3 amide bonds. The molecule has 0 bridgehead atoms. The van der Waals surface area contributed by atoms with Crippen molar-refractivity contribution >= 4 is 17.9 Å². The monoisotopic (exact) mass is 321 g/mol. The minimum absolute atomic E-state index is 0.134. The van der Waals surface area contributed by atoms with Gasteiger partial charge in [-0.05, 0) is 24.6 Å². The first-order chi connectivity index (χ1) is 10.8. The second-order valence-corrected chi connectivity index (χ2v) is 5.33. The number of carbonyl (C=O) groups is 3. The number of nitrogens with one attached hydrogen (secondary N) is 2. The highest BCUT2D eigenvalue weighted by molar-refractivity contribution is 5.94. The minimum Gasteiger partial charge on any atom is -0.481 e. The number of hydrogen-bond donors (Lipinski definition) is 3. The van der Waals surface area contributed by atoms with E-state index in [4.69, 9.17) is 5.11 Å². The van der Waals surface area contributed by atoms with Gasteiger partial charge in [-0.15, -0.1) is 0 Å². The number of carboxylic acid groups (broad SMARTS) is 1. The van der Waals surface area contributed by atoms with E-state index in [1.54, 1.807) is 38.2 Å². The summed E-state index contributed by atoms with van der Waals surface area (Å²) in [6.45, 7) is 4.41. The first-order valence-corrected chi connectivity index (χ1v) is 7.44. The molecule has 0 fully saturated rings. The predicted molar refractivity (Wildman–Crippen MR) is 86.1 cm³/mol. The molecule has 126 valence electrons. The Morgan fingerprint density at radius 1 is 1.17 bits per heavy atom. The number of hydrogen-bond acceptors (Lipinski definition) is 3. The maximum absolute atomic E-state index is 11.9. The fourth-order valence-corrected chi connectivity index (χ4v) is 1.92. The van der Waals surface area contributed by atoms with E-state index in [0.717, 1.165) is 5.56 Å². The summed E-state index contributed by atoms with van der Waals surface area (Å²) in [7, 11) is 1.55. The summed E-state index contributed by atoms with van der Waals surface area (Å²) in [5.41, 5.74) is 1.42. The van der Waals surface area contributed by atoms with E-state index < -0.39 is 11.9 Å². The number of nitrogens with zero attached hydrogens (tertiary/aromatic N) is 1. The summed E-state index contributed by atoms with van der Waals surface area (Å²) in [5, 5.41) is 14.3. The maximum Gasteiger partial charge on any atom is 0.317 e. The average molecular weight is 321 g/mol. The molecule has 1 aromatic rings. The predicted octanol–water partition coefficient (Wildman–Crippen LogP) is 1.30. The van der Waals surface area contributed by atoms with Crippen LogP contribution >= 0.6 is 0 Å². The molecule has 0 aromatic heterocycles. The van der Waals surface area contributed by atoms with Crippen molar-refractivity contribution < 1.29 is 19.5 Å². The van der Waals surface area contributed by atoms with Crippen LogP contribution in [-0.2, 0) is 11.3 Å². The van der Waals surface area contributed by atoms with Crippen molar-refractivity contribution in [1.82, 2.24) is 15.5 Å². The largest absolute Gasteiger partial charge is 0.481 e. The highest BCUT2D eigenvalue weighted by Gasteiger charge is 2.17. The maximum atomic E-state index is 11.9. The normalized spacial score (nSPS) is 11.4. The number of amides is 3. The molecule has 0 aliphatic rings. The molecule has 0 heterocycles. The smallest absolute Gasteiger partial charge is 0.317 e. The zero-order chi connectivity index (χ0) is 17.4. The fraction of sp³-hybridized carbons (Fsp3) is 0.438. The van der Waals surface area contributed by atoms with Crippen LogP contribution in [-0.4, -0.2) is 48.1 Å². The lowest BCUT2D eigenvalue weighted by Crippen LogP contribution is -2.40. The molecule has 0 spiro atoms. The zero-order valence-electron chi connectivity index (χ0n) is 13.6. The molecule has 23 heavy (non-hydrogen) atoms. The number of urea groups is 1. The molecule has 1 unspecified atom stereocenters. The molecule has 0 aliphatic heterocycles. The van der Waals surface area contributed by atoms with E-state index in [1.165, 1.54) is 4.90 Å². The van der Waals surface area contributed by atoms with Crippen molar-refractivity contribution in [2.75, 3.05) is 20.1 Å².